The lowest BCUT2D eigenvalue weighted by molar-refractivity contribution is -0.137. The van der Waals surface area contributed by atoms with Gasteiger partial charge in [-0.2, -0.15) is 13.2 Å². The summed E-state index contributed by atoms with van der Waals surface area (Å²) in [5, 5.41) is 2.80. The van der Waals surface area contributed by atoms with Crippen molar-refractivity contribution in [2.24, 2.45) is 0 Å². The highest BCUT2D eigenvalue weighted by Gasteiger charge is 2.37. The smallest absolute Gasteiger partial charge is 0.354 e. The van der Waals surface area contributed by atoms with Crippen LogP contribution in [-0.2, 0) is 6.18 Å². The van der Waals surface area contributed by atoms with E-state index in [1.165, 1.54) is 24.8 Å². The quantitative estimate of drug-likeness (QED) is 0.811. The first kappa shape index (κ1) is 18.6. The van der Waals surface area contributed by atoms with Crippen LogP contribution in [0.3, 0.4) is 0 Å². The fraction of sp³-hybridized carbons (Fsp3) is 0.375. The summed E-state index contributed by atoms with van der Waals surface area (Å²) in [7, 11) is 0. The fourth-order valence-corrected chi connectivity index (χ4v) is 3.19. The normalized spacial score (nSPS) is 17.8. The highest BCUT2D eigenvalue weighted by atomic mass is 79.9. The number of alkyl halides is 3. The van der Waals surface area contributed by atoms with Crippen molar-refractivity contribution in [2.45, 2.75) is 25.1 Å². The molecule has 6 nitrogen and oxygen atoms in total. The number of hydrogen-bond donors (Lipinski definition) is 1. The van der Waals surface area contributed by atoms with Gasteiger partial charge >= 0.3 is 6.18 Å². The summed E-state index contributed by atoms with van der Waals surface area (Å²) >= 11 is 3.03. The van der Waals surface area contributed by atoms with E-state index in [2.05, 4.69) is 36.2 Å². The van der Waals surface area contributed by atoms with Crippen molar-refractivity contribution in [3.05, 3.63) is 46.6 Å². The minimum atomic E-state index is -4.51. The summed E-state index contributed by atoms with van der Waals surface area (Å²) in [6, 6.07) is 0.717. The maximum Gasteiger partial charge on any atom is 0.419 e. The lowest BCUT2D eigenvalue weighted by atomic mass is 10.0. The third-order valence-electron chi connectivity index (χ3n) is 3.99. The van der Waals surface area contributed by atoms with E-state index in [4.69, 9.17) is 0 Å². The molecule has 138 valence electrons. The van der Waals surface area contributed by atoms with Gasteiger partial charge in [0, 0.05) is 42.2 Å². The first-order valence-electron chi connectivity index (χ1n) is 7.89. The summed E-state index contributed by atoms with van der Waals surface area (Å²) in [4.78, 5) is 25.5. The Balaban J connectivity index is 1.76. The standard InChI is InChI=1S/C16H15BrF3N5O/c17-10-6-12(16(18,19)20)14(23-7-10)25-5-1-2-11(9-25)24-15(26)13-8-21-3-4-22-13/h3-4,6-8,11H,1-2,5,9H2,(H,24,26). The molecule has 3 rings (SSSR count). The number of anilines is 1. The van der Waals surface area contributed by atoms with Gasteiger partial charge in [-0.15, -0.1) is 0 Å². The topological polar surface area (TPSA) is 71.0 Å². The average molecular weight is 430 g/mol. The van der Waals surface area contributed by atoms with Crippen LogP contribution in [0.15, 0.2) is 35.3 Å². The van der Waals surface area contributed by atoms with Gasteiger partial charge in [-0.25, -0.2) is 9.97 Å². The Kier molecular flexibility index (Phi) is 5.40. The van der Waals surface area contributed by atoms with Crippen LogP contribution in [0.1, 0.15) is 28.9 Å². The summed E-state index contributed by atoms with van der Waals surface area (Å²) in [6.45, 7) is 0.680. The minimum Gasteiger partial charge on any atom is -0.354 e. The van der Waals surface area contributed by atoms with Gasteiger partial charge in [-0.05, 0) is 34.8 Å². The molecule has 1 amide bonds. The van der Waals surface area contributed by atoms with Crippen molar-refractivity contribution in [1.29, 1.82) is 0 Å². The van der Waals surface area contributed by atoms with Crippen LogP contribution in [0.4, 0.5) is 19.0 Å². The third kappa shape index (κ3) is 4.29. The molecule has 0 aromatic carbocycles. The average Bonchev–Trinajstić information content (AvgIpc) is 2.62. The van der Waals surface area contributed by atoms with E-state index < -0.39 is 17.6 Å². The fourth-order valence-electron chi connectivity index (χ4n) is 2.86. The number of carbonyl (C=O) groups is 1. The molecule has 1 unspecified atom stereocenters. The van der Waals surface area contributed by atoms with Crippen LogP contribution < -0.4 is 10.2 Å². The molecule has 0 spiro atoms. The van der Waals surface area contributed by atoms with E-state index >= 15 is 0 Å². The highest BCUT2D eigenvalue weighted by Crippen LogP contribution is 2.37. The number of nitrogens with zero attached hydrogens (tertiary/aromatic N) is 4. The number of rotatable bonds is 3. The maximum atomic E-state index is 13.3. The number of hydrogen-bond acceptors (Lipinski definition) is 5. The van der Waals surface area contributed by atoms with Crippen LogP contribution in [0, 0.1) is 0 Å². The first-order chi connectivity index (χ1) is 12.3. The van der Waals surface area contributed by atoms with Crippen LogP contribution in [0.25, 0.3) is 0 Å². The van der Waals surface area contributed by atoms with Crippen molar-refractivity contribution >= 4 is 27.7 Å². The van der Waals surface area contributed by atoms with Gasteiger partial charge in [0.25, 0.3) is 5.91 Å². The molecule has 1 saturated heterocycles. The molecular weight excluding hydrogens is 415 g/mol. The Hall–Kier alpha value is -2.23. The molecule has 10 heteroatoms. The second kappa shape index (κ2) is 7.56. The van der Waals surface area contributed by atoms with E-state index in [-0.39, 0.29) is 28.6 Å². The number of halogens is 4. The largest absolute Gasteiger partial charge is 0.419 e. The Labute approximate surface area is 156 Å². The molecule has 1 N–H and O–H groups in total. The number of piperidine rings is 1. The first-order valence-corrected chi connectivity index (χ1v) is 8.68. The van der Waals surface area contributed by atoms with E-state index in [1.807, 2.05) is 0 Å². The Morgan fingerprint density at radius 2 is 2.08 bits per heavy atom. The molecule has 1 fully saturated rings. The lowest BCUT2D eigenvalue weighted by Gasteiger charge is -2.35. The zero-order valence-corrected chi connectivity index (χ0v) is 15.1. The van der Waals surface area contributed by atoms with Crippen molar-refractivity contribution < 1.29 is 18.0 Å². The second-order valence-electron chi connectivity index (χ2n) is 5.87. The van der Waals surface area contributed by atoms with Gasteiger partial charge in [-0.3, -0.25) is 9.78 Å². The van der Waals surface area contributed by atoms with E-state index in [1.54, 1.807) is 4.90 Å². The molecule has 2 aromatic rings. The van der Waals surface area contributed by atoms with Gasteiger partial charge in [0.2, 0.25) is 0 Å². The van der Waals surface area contributed by atoms with Crippen LogP contribution in [0.5, 0.6) is 0 Å². The van der Waals surface area contributed by atoms with Gasteiger partial charge in [0.15, 0.2) is 0 Å². The highest BCUT2D eigenvalue weighted by molar-refractivity contribution is 9.10. The monoisotopic (exact) mass is 429 g/mol. The second-order valence-corrected chi connectivity index (χ2v) is 6.79. The third-order valence-corrected chi connectivity index (χ3v) is 4.42. The summed E-state index contributed by atoms with van der Waals surface area (Å²) < 4.78 is 40.3. The molecule has 1 aliphatic heterocycles. The molecule has 0 radical (unpaired) electrons. The van der Waals surface area contributed by atoms with Gasteiger partial charge < -0.3 is 10.2 Å². The van der Waals surface area contributed by atoms with Crippen molar-refractivity contribution in [1.82, 2.24) is 20.3 Å². The van der Waals surface area contributed by atoms with Gasteiger partial charge in [0.05, 0.1) is 11.8 Å². The van der Waals surface area contributed by atoms with Crippen LogP contribution >= 0.6 is 15.9 Å². The Bertz CT molecular complexity index is 787. The zero-order chi connectivity index (χ0) is 18.7. The molecule has 3 heterocycles. The minimum absolute atomic E-state index is 0.126. The molecular formula is C16H15BrF3N5O. The van der Waals surface area contributed by atoms with E-state index in [9.17, 15) is 18.0 Å². The molecule has 0 aliphatic carbocycles. The maximum absolute atomic E-state index is 13.3. The predicted molar refractivity (Wildman–Crippen MR) is 91.7 cm³/mol. The van der Waals surface area contributed by atoms with E-state index in [0.29, 0.717) is 19.4 Å². The number of amides is 1. The Morgan fingerprint density at radius 1 is 1.27 bits per heavy atom. The Morgan fingerprint density at radius 3 is 2.77 bits per heavy atom. The van der Waals surface area contributed by atoms with E-state index in [0.717, 1.165) is 6.07 Å². The van der Waals surface area contributed by atoms with Crippen LogP contribution in [0.2, 0.25) is 0 Å². The molecule has 2 aromatic heterocycles. The molecule has 0 saturated carbocycles. The molecule has 1 atom stereocenters. The molecule has 26 heavy (non-hydrogen) atoms. The molecule has 1 aliphatic rings. The van der Waals surface area contributed by atoms with Gasteiger partial charge in [0.1, 0.15) is 11.5 Å². The SMILES string of the molecule is O=C(NC1CCCN(c2ncc(Br)cc2C(F)(F)F)C1)c1cnccn1. The molecule has 0 bridgehead atoms. The van der Waals surface area contributed by atoms with Crippen molar-refractivity contribution in [3.63, 3.8) is 0 Å². The van der Waals surface area contributed by atoms with Gasteiger partial charge in [-0.1, -0.05) is 0 Å². The van der Waals surface area contributed by atoms with Crippen LogP contribution in [-0.4, -0.2) is 40.0 Å². The number of nitrogens with one attached hydrogen (secondary N) is 1. The summed E-state index contributed by atoms with van der Waals surface area (Å²) in [6.07, 6.45) is 2.34. The number of aromatic nitrogens is 3. The lowest BCUT2D eigenvalue weighted by Crippen LogP contribution is -2.48. The summed E-state index contributed by atoms with van der Waals surface area (Å²) in [5.41, 5.74) is -0.629. The van der Waals surface area contributed by atoms with Crippen molar-refractivity contribution in [3.8, 4) is 0 Å². The number of pyridine rings is 1. The predicted octanol–water partition coefficient (Wildman–Crippen LogP) is 3.05. The van der Waals surface area contributed by atoms with Crippen molar-refractivity contribution in [2.75, 3.05) is 18.0 Å². The zero-order valence-electron chi connectivity index (χ0n) is 13.5. The number of carbonyl (C=O) groups excluding carboxylic acids is 1. The summed E-state index contributed by atoms with van der Waals surface area (Å²) in [5.74, 6) is -0.524.